The molecule has 1 amide bonds. The van der Waals surface area contributed by atoms with Crippen molar-refractivity contribution in [2.75, 3.05) is 26.2 Å². The number of aryl methyl sites for hydroxylation is 1. The Morgan fingerprint density at radius 2 is 1.96 bits per heavy atom. The van der Waals surface area contributed by atoms with E-state index in [1.165, 1.54) is 0 Å². The van der Waals surface area contributed by atoms with E-state index in [-0.39, 0.29) is 5.91 Å². The molecular formula is C19H21N5OS. The Balaban J connectivity index is 1.43. The summed E-state index contributed by atoms with van der Waals surface area (Å²) in [6.07, 6.45) is 2.74. The van der Waals surface area contributed by atoms with Crippen LogP contribution in [0.2, 0.25) is 0 Å². The van der Waals surface area contributed by atoms with Crippen LogP contribution in [-0.2, 0) is 6.54 Å². The molecule has 0 radical (unpaired) electrons. The second-order valence-electron chi connectivity index (χ2n) is 6.55. The summed E-state index contributed by atoms with van der Waals surface area (Å²) in [5, 5.41) is 12.4. The molecule has 0 atom stereocenters. The summed E-state index contributed by atoms with van der Waals surface area (Å²) in [4.78, 5) is 21.5. The molecule has 6 nitrogen and oxygen atoms in total. The van der Waals surface area contributed by atoms with Gasteiger partial charge in [0, 0.05) is 37.8 Å². The summed E-state index contributed by atoms with van der Waals surface area (Å²) < 4.78 is 0. The summed E-state index contributed by atoms with van der Waals surface area (Å²) in [7, 11) is 0. The fraction of sp³-hybridized carbons (Fsp3) is 0.368. The van der Waals surface area contributed by atoms with Gasteiger partial charge in [-0.15, -0.1) is 21.5 Å². The lowest BCUT2D eigenvalue weighted by atomic mass is 10.1. The van der Waals surface area contributed by atoms with Crippen LogP contribution in [0.15, 0.2) is 36.5 Å². The van der Waals surface area contributed by atoms with Crippen molar-refractivity contribution in [3.63, 3.8) is 0 Å². The fourth-order valence-corrected chi connectivity index (χ4v) is 4.04. The third-order valence-corrected chi connectivity index (χ3v) is 5.48. The minimum atomic E-state index is 0.0179. The molecule has 7 heteroatoms. The molecule has 0 bridgehead atoms. The Bertz CT molecular complexity index is 925. The van der Waals surface area contributed by atoms with Gasteiger partial charge < -0.3 is 4.90 Å². The van der Waals surface area contributed by atoms with Crippen molar-refractivity contribution in [3.8, 4) is 0 Å². The second-order valence-corrected chi connectivity index (χ2v) is 7.82. The third kappa shape index (κ3) is 3.73. The maximum absolute atomic E-state index is 12.9. The zero-order valence-corrected chi connectivity index (χ0v) is 15.6. The van der Waals surface area contributed by atoms with Gasteiger partial charge in [-0.3, -0.25) is 14.7 Å². The topological polar surface area (TPSA) is 62.2 Å². The maximum Gasteiger partial charge on any atom is 0.272 e. The first-order chi connectivity index (χ1) is 12.7. The maximum atomic E-state index is 12.9. The lowest BCUT2D eigenvalue weighted by Gasteiger charge is -2.21. The molecule has 2 aromatic heterocycles. The average molecular weight is 367 g/mol. The van der Waals surface area contributed by atoms with E-state index in [0.29, 0.717) is 12.2 Å². The first-order valence-corrected chi connectivity index (χ1v) is 9.66. The molecule has 3 heterocycles. The number of aromatic nitrogens is 3. The molecule has 1 aliphatic heterocycles. The van der Waals surface area contributed by atoms with E-state index >= 15 is 0 Å². The number of pyridine rings is 1. The highest BCUT2D eigenvalue weighted by Crippen LogP contribution is 2.17. The summed E-state index contributed by atoms with van der Waals surface area (Å²) in [5.41, 5.74) is 0.525. The van der Waals surface area contributed by atoms with Gasteiger partial charge >= 0.3 is 0 Å². The summed E-state index contributed by atoms with van der Waals surface area (Å²) in [6.45, 7) is 6.07. The molecule has 1 aromatic carbocycles. The molecule has 4 rings (SSSR count). The smallest absolute Gasteiger partial charge is 0.272 e. The SMILES string of the molecule is Cc1nnc(CN2CCCN(C(=O)c3cc4ccccc4cn3)CC2)s1. The zero-order chi connectivity index (χ0) is 17.9. The Labute approximate surface area is 156 Å². The van der Waals surface area contributed by atoms with E-state index in [1.807, 2.05) is 42.2 Å². The van der Waals surface area contributed by atoms with Gasteiger partial charge in [-0.1, -0.05) is 24.3 Å². The first-order valence-electron chi connectivity index (χ1n) is 8.84. The Morgan fingerprint density at radius 3 is 2.77 bits per heavy atom. The van der Waals surface area contributed by atoms with Crippen LogP contribution in [-0.4, -0.2) is 57.1 Å². The first kappa shape index (κ1) is 17.1. The van der Waals surface area contributed by atoms with Crippen LogP contribution in [0.5, 0.6) is 0 Å². The minimum absolute atomic E-state index is 0.0179. The van der Waals surface area contributed by atoms with Crippen molar-refractivity contribution in [2.45, 2.75) is 19.9 Å². The molecule has 26 heavy (non-hydrogen) atoms. The van der Waals surface area contributed by atoms with Crippen LogP contribution in [0.1, 0.15) is 26.9 Å². The number of amides is 1. The number of hydrogen-bond acceptors (Lipinski definition) is 6. The number of carbonyl (C=O) groups excluding carboxylic acids is 1. The Morgan fingerprint density at radius 1 is 1.12 bits per heavy atom. The van der Waals surface area contributed by atoms with E-state index in [1.54, 1.807) is 17.5 Å². The van der Waals surface area contributed by atoms with E-state index in [0.717, 1.165) is 53.4 Å². The zero-order valence-electron chi connectivity index (χ0n) is 14.8. The van der Waals surface area contributed by atoms with E-state index < -0.39 is 0 Å². The van der Waals surface area contributed by atoms with Gasteiger partial charge in [-0.2, -0.15) is 0 Å². The van der Waals surface area contributed by atoms with Gasteiger partial charge in [-0.25, -0.2) is 0 Å². The second kappa shape index (κ2) is 7.47. The summed E-state index contributed by atoms with van der Waals surface area (Å²) in [5.74, 6) is 0.0179. The number of fused-ring (bicyclic) bond motifs is 1. The average Bonchev–Trinajstić information content (AvgIpc) is 2.93. The predicted octanol–water partition coefficient (Wildman–Crippen LogP) is 2.74. The highest BCUT2D eigenvalue weighted by Gasteiger charge is 2.22. The Hall–Kier alpha value is -2.38. The molecule has 0 aliphatic carbocycles. The minimum Gasteiger partial charge on any atom is -0.336 e. The van der Waals surface area contributed by atoms with Gasteiger partial charge in [0.1, 0.15) is 15.7 Å². The molecule has 0 saturated carbocycles. The third-order valence-electron chi connectivity index (χ3n) is 4.65. The van der Waals surface area contributed by atoms with Gasteiger partial charge in [0.2, 0.25) is 0 Å². The molecule has 0 unspecified atom stereocenters. The Kier molecular flexibility index (Phi) is 4.90. The monoisotopic (exact) mass is 367 g/mol. The lowest BCUT2D eigenvalue weighted by Crippen LogP contribution is -2.35. The summed E-state index contributed by atoms with van der Waals surface area (Å²) in [6, 6.07) is 9.88. The largest absolute Gasteiger partial charge is 0.336 e. The normalized spacial score (nSPS) is 16.0. The fourth-order valence-electron chi connectivity index (χ4n) is 3.29. The number of carbonyl (C=O) groups is 1. The molecule has 1 saturated heterocycles. The molecule has 134 valence electrons. The van der Waals surface area contributed by atoms with Crippen LogP contribution in [0.25, 0.3) is 10.8 Å². The van der Waals surface area contributed by atoms with Crippen molar-refractivity contribution >= 4 is 28.0 Å². The molecule has 1 aliphatic rings. The molecule has 0 N–H and O–H groups in total. The van der Waals surface area contributed by atoms with Crippen LogP contribution < -0.4 is 0 Å². The molecule has 0 spiro atoms. The van der Waals surface area contributed by atoms with Crippen LogP contribution in [0.3, 0.4) is 0 Å². The summed E-state index contributed by atoms with van der Waals surface area (Å²) >= 11 is 1.64. The van der Waals surface area contributed by atoms with Crippen molar-refractivity contribution in [2.24, 2.45) is 0 Å². The van der Waals surface area contributed by atoms with Gasteiger partial charge in [0.15, 0.2) is 0 Å². The molecule has 3 aromatic rings. The van der Waals surface area contributed by atoms with Crippen LogP contribution >= 0.6 is 11.3 Å². The quantitative estimate of drug-likeness (QED) is 0.712. The number of rotatable bonds is 3. The number of hydrogen-bond donors (Lipinski definition) is 0. The number of nitrogens with zero attached hydrogens (tertiary/aromatic N) is 5. The highest BCUT2D eigenvalue weighted by atomic mass is 32.1. The van der Waals surface area contributed by atoms with Crippen molar-refractivity contribution < 1.29 is 4.79 Å². The van der Waals surface area contributed by atoms with Crippen LogP contribution in [0, 0.1) is 6.92 Å². The van der Waals surface area contributed by atoms with E-state index in [9.17, 15) is 4.79 Å². The van der Waals surface area contributed by atoms with Crippen LogP contribution in [0.4, 0.5) is 0 Å². The highest BCUT2D eigenvalue weighted by molar-refractivity contribution is 7.11. The predicted molar refractivity (Wildman–Crippen MR) is 102 cm³/mol. The van der Waals surface area contributed by atoms with Crippen molar-refractivity contribution in [1.82, 2.24) is 25.0 Å². The standard InChI is InChI=1S/C19H21N5OS/c1-14-21-22-18(26-14)13-23-7-4-8-24(10-9-23)19(25)17-11-15-5-2-3-6-16(15)12-20-17/h2-3,5-6,11-12H,4,7-10,13H2,1H3. The van der Waals surface area contributed by atoms with Crippen molar-refractivity contribution in [3.05, 3.63) is 52.2 Å². The van der Waals surface area contributed by atoms with Gasteiger partial charge in [0.05, 0.1) is 6.54 Å². The van der Waals surface area contributed by atoms with Gasteiger partial charge in [-0.05, 0) is 24.8 Å². The van der Waals surface area contributed by atoms with E-state index in [4.69, 9.17) is 0 Å². The molecule has 1 fully saturated rings. The lowest BCUT2D eigenvalue weighted by molar-refractivity contribution is 0.0755. The van der Waals surface area contributed by atoms with Gasteiger partial charge in [0.25, 0.3) is 5.91 Å². The van der Waals surface area contributed by atoms with E-state index in [2.05, 4.69) is 20.1 Å². The number of benzene rings is 1. The molecular weight excluding hydrogens is 346 g/mol. The van der Waals surface area contributed by atoms with Crippen molar-refractivity contribution in [1.29, 1.82) is 0 Å².